The van der Waals surface area contributed by atoms with Gasteiger partial charge in [-0.3, -0.25) is 0 Å². The standard InChI is InChI=1S/C17H20BrN/c1-12-5-4-6-16(11-12)14(3)19-13(2)15-7-9-17(18)10-8-15/h4-11,13-14,19H,1-3H3/t13?,14-/m1/s1. The van der Waals surface area contributed by atoms with Crippen molar-refractivity contribution in [3.8, 4) is 0 Å². The van der Waals surface area contributed by atoms with E-state index < -0.39 is 0 Å². The van der Waals surface area contributed by atoms with E-state index in [1.54, 1.807) is 0 Å². The van der Waals surface area contributed by atoms with Gasteiger partial charge in [0, 0.05) is 16.6 Å². The molecule has 2 atom stereocenters. The maximum Gasteiger partial charge on any atom is 0.0297 e. The maximum absolute atomic E-state index is 3.64. The average Bonchev–Trinajstić information content (AvgIpc) is 2.39. The highest BCUT2D eigenvalue weighted by atomic mass is 79.9. The summed E-state index contributed by atoms with van der Waals surface area (Å²) < 4.78 is 1.12. The molecule has 0 aliphatic heterocycles. The molecule has 0 radical (unpaired) electrons. The van der Waals surface area contributed by atoms with Crippen LogP contribution in [0.2, 0.25) is 0 Å². The quantitative estimate of drug-likeness (QED) is 0.820. The molecule has 1 N–H and O–H groups in total. The Balaban J connectivity index is 2.06. The molecule has 0 heterocycles. The van der Waals surface area contributed by atoms with E-state index in [0.29, 0.717) is 12.1 Å². The van der Waals surface area contributed by atoms with E-state index in [0.717, 1.165) is 4.47 Å². The summed E-state index contributed by atoms with van der Waals surface area (Å²) in [6, 6.07) is 17.8. The number of halogens is 1. The smallest absolute Gasteiger partial charge is 0.0297 e. The fourth-order valence-electron chi connectivity index (χ4n) is 2.26. The van der Waals surface area contributed by atoms with Gasteiger partial charge in [-0.05, 0) is 44.0 Å². The van der Waals surface area contributed by atoms with Crippen LogP contribution in [0.1, 0.15) is 42.6 Å². The molecular formula is C17H20BrN. The van der Waals surface area contributed by atoms with Crippen molar-refractivity contribution in [2.75, 3.05) is 0 Å². The number of hydrogen-bond acceptors (Lipinski definition) is 1. The molecule has 1 nitrogen and oxygen atoms in total. The summed E-state index contributed by atoms with van der Waals surface area (Å²) in [5.41, 5.74) is 3.95. The molecule has 100 valence electrons. The van der Waals surface area contributed by atoms with Crippen LogP contribution in [0.4, 0.5) is 0 Å². The molecule has 0 bridgehead atoms. The third-order valence-electron chi connectivity index (χ3n) is 3.41. The van der Waals surface area contributed by atoms with Gasteiger partial charge in [0.05, 0.1) is 0 Å². The van der Waals surface area contributed by atoms with E-state index in [2.05, 4.69) is 90.5 Å². The van der Waals surface area contributed by atoms with Crippen LogP contribution < -0.4 is 5.32 Å². The molecule has 2 heteroatoms. The first-order valence-corrected chi connectivity index (χ1v) is 7.43. The Morgan fingerprint density at radius 3 is 2.16 bits per heavy atom. The van der Waals surface area contributed by atoms with Crippen molar-refractivity contribution in [3.63, 3.8) is 0 Å². The molecule has 0 aliphatic carbocycles. The first-order chi connectivity index (χ1) is 9.06. The Kier molecular flexibility index (Phi) is 4.78. The summed E-state index contributed by atoms with van der Waals surface area (Å²) in [6.45, 7) is 6.55. The van der Waals surface area contributed by atoms with Crippen LogP contribution >= 0.6 is 15.9 Å². The highest BCUT2D eigenvalue weighted by molar-refractivity contribution is 9.10. The minimum Gasteiger partial charge on any atom is -0.304 e. The molecular weight excluding hydrogens is 298 g/mol. The van der Waals surface area contributed by atoms with Gasteiger partial charge in [-0.2, -0.15) is 0 Å². The maximum atomic E-state index is 3.64. The molecule has 0 spiro atoms. The predicted octanol–water partition coefficient (Wildman–Crippen LogP) is 5.17. The van der Waals surface area contributed by atoms with E-state index in [-0.39, 0.29) is 0 Å². The first kappa shape index (κ1) is 14.3. The van der Waals surface area contributed by atoms with Crippen molar-refractivity contribution >= 4 is 15.9 Å². The zero-order valence-electron chi connectivity index (χ0n) is 11.7. The van der Waals surface area contributed by atoms with Crippen molar-refractivity contribution in [1.82, 2.24) is 5.32 Å². The second kappa shape index (κ2) is 6.36. The van der Waals surface area contributed by atoms with Gasteiger partial charge < -0.3 is 5.32 Å². The van der Waals surface area contributed by atoms with Crippen molar-refractivity contribution in [1.29, 1.82) is 0 Å². The average molecular weight is 318 g/mol. The molecule has 1 unspecified atom stereocenters. The van der Waals surface area contributed by atoms with Crippen molar-refractivity contribution in [2.45, 2.75) is 32.9 Å². The minimum absolute atomic E-state index is 0.337. The Bertz CT molecular complexity index is 533. The summed E-state index contributed by atoms with van der Waals surface area (Å²) in [5.74, 6) is 0. The highest BCUT2D eigenvalue weighted by Crippen LogP contribution is 2.21. The molecule has 2 rings (SSSR count). The summed E-state index contributed by atoms with van der Waals surface area (Å²) in [7, 11) is 0. The topological polar surface area (TPSA) is 12.0 Å². The van der Waals surface area contributed by atoms with Crippen LogP contribution in [0.15, 0.2) is 53.0 Å². The molecule has 0 amide bonds. The predicted molar refractivity (Wildman–Crippen MR) is 85.3 cm³/mol. The zero-order valence-corrected chi connectivity index (χ0v) is 13.2. The Hall–Kier alpha value is -1.12. The van der Waals surface area contributed by atoms with E-state index in [1.807, 2.05) is 0 Å². The summed E-state index contributed by atoms with van der Waals surface area (Å²) in [6.07, 6.45) is 0. The van der Waals surface area contributed by atoms with Gasteiger partial charge in [0.2, 0.25) is 0 Å². The van der Waals surface area contributed by atoms with E-state index in [4.69, 9.17) is 0 Å². The normalized spacial score (nSPS) is 14.1. The summed E-state index contributed by atoms with van der Waals surface area (Å²) in [4.78, 5) is 0. The van der Waals surface area contributed by atoms with Crippen molar-refractivity contribution < 1.29 is 0 Å². The van der Waals surface area contributed by atoms with Crippen LogP contribution in [0.25, 0.3) is 0 Å². The van der Waals surface area contributed by atoms with Gasteiger partial charge in [-0.15, -0.1) is 0 Å². The van der Waals surface area contributed by atoms with Gasteiger partial charge in [0.25, 0.3) is 0 Å². The highest BCUT2D eigenvalue weighted by Gasteiger charge is 2.11. The lowest BCUT2D eigenvalue weighted by molar-refractivity contribution is 0.494. The molecule has 0 saturated heterocycles. The third-order valence-corrected chi connectivity index (χ3v) is 3.94. The number of rotatable bonds is 4. The number of benzene rings is 2. The van der Waals surface area contributed by atoms with Crippen LogP contribution in [0.5, 0.6) is 0 Å². The summed E-state index contributed by atoms with van der Waals surface area (Å²) in [5, 5.41) is 3.64. The third kappa shape index (κ3) is 3.92. The van der Waals surface area contributed by atoms with E-state index >= 15 is 0 Å². The monoisotopic (exact) mass is 317 g/mol. The van der Waals surface area contributed by atoms with Gasteiger partial charge in [-0.25, -0.2) is 0 Å². The molecule has 0 aliphatic rings. The number of nitrogens with one attached hydrogen (secondary N) is 1. The summed E-state index contributed by atoms with van der Waals surface area (Å²) >= 11 is 3.47. The first-order valence-electron chi connectivity index (χ1n) is 6.64. The lowest BCUT2D eigenvalue weighted by Gasteiger charge is -2.21. The van der Waals surface area contributed by atoms with Gasteiger partial charge in [-0.1, -0.05) is 57.9 Å². The fraction of sp³-hybridized carbons (Fsp3) is 0.294. The van der Waals surface area contributed by atoms with Crippen LogP contribution in [-0.2, 0) is 0 Å². The molecule has 0 aromatic heterocycles. The SMILES string of the molecule is Cc1cccc([C@@H](C)NC(C)c2ccc(Br)cc2)c1. The van der Waals surface area contributed by atoms with E-state index in [1.165, 1.54) is 16.7 Å². The molecule has 2 aromatic rings. The molecule has 0 saturated carbocycles. The Morgan fingerprint density at radius 1 is 0.895 bits per heavy atom. The second-order valence-electron chi connectivity index (χ2n) is 5.08. The van der Waals surface area contributed by atoms with Crippen LogP contribution in [-0.4, -0.2) is 0 Å². The van der Waals surface area contributed by atoms with Gasteiger partial charge in [0.1, 0.15) is 0 Å². The van der Waals surface area contributed by atoms with Crippen molar-refractivity contribution in [2.24, 2.45) is 0 Å². The number of aryl methyl sites for hydroxylation is 1. The van der Waals surface area contributed by atoms with Crippen LogP contribution in [0.3, 0.4) is 0 Å². The minimum atomic E-state index is 0.337. The fourth-order valence-corrected chi connectivity index (χ4v) is 2.52. The molecule has 2 aromatic carbocycles. The lowest BCUT2D eigenvalue weighted by atomic mass is 10.0. The van der Waals surface area contributed by atoms with E-state index in [9.17, 15) is 0 Å². The second-order valence-corrected chi connectivity index (χ2v) is 5.99. The Labute approximate surface area is 124 Å². The molecule has 19 heavy (non-hydrogen) atoms. The number of hydrogen-bond donors (Lipinski definition) is 1. The Morgan fingerprint density at radius 2 is 1.53 bits per heavy atom. The zero-order chi connectivity index (χ0) is 13.8. The van der Waals surface area contributed by atoms with Gasteiger partial charge in [0.15, 0.2) is 0 Å². The molecule has 0 fully saturated rings. The van der Waals surface area contributed by atoms with Crippen molar-refractivity contribution in [3.05, 3.63) is 69.7 Å². The lowest BCUT2D eigenvalue weighted by Crippen LogP contribution is -2.22. The van der Waals surface area contributed by atoms with Gasteiger partial charge >= 0.3 is 0 Å². The largest absolute Gasteiger partial charge is 0.304 e. The van der Waals surface area contributed by atoms with Crippen LogP contribution in [0, 0.1) is 6.92 Å².